The molecule has 5 heteroatoms. The van der Waals surface area contributed by atoms with Crippen LogP contribution in [0.1, 0.15) is 78.1 Å². The zero-order valence-electron chi connectivity index (χ0n) is 18.3. The predicted octanol–water partition coefficient (Wildman–Crippen LogP) is 4.63. The number of rotatable bonds is 2. The van der Waals surface area contributed by atoms with Crippen LogP contribution in [0.4, 0.5) is 0 Å². The van der Waals surface area contributed by atoms with E-state index in [1.807, 2.05) is 7.11 Å². The largest absolute Gasteiger partial charge is 0.479 e. The minimum absolute atomic E-state index is 0.0659. The lowest BCUT2D eigenvalue weighted by atomic mass is 9.42. The molecule has 0 amide bonds. The number of carboxylic acids is 1. The van der Waals surface area contributed by atoms with Crippen molar-refractivity contribution >= 4 is 5.97 Å². The number of methoxy groups -OCH3 is 1. The number of hydrogen-bond acceptors (Lipinski definition) is 4. The Morgan fingerprint density at radius 1 is 1.03 bits per heavy atom. The Morgan fingerprint density at radius 2 is 1.86 bits per heavy atom. The van der Waals surface area contributed by atoms with Gasteiger partial charge in [0.2, 0.25) is 0 Å². The molecular formula is C24H38O5. The molecule has 0 unspecified atom stereocenters. The van der Waals surface area contributed by atoms with Crippen LogP contribution in [0.25, 0.3) is 0 Å². The van der Waals surface area contributed by atoms with Crippen LogP contribution in [-0.4, -0.2) is 42.8 Å². The molecule has 2 aliphatic heterocycles. The summed E-state index contributed by atoms with van der Waals surface area (Å²) < 4.78 is 18.3. The van der Waals surface area contributed by atoms with Crippen molar-refractivity contribution in [1.29, 1.82) is 0 Å². The van der Waals surface area contributed by atoms with Crippen LogP contribution < -0.4 is 0 Å². The van der Waals surface area contributed by atoms with Crippen molar-refractivity contribution in [2.24, 2.45) is 34.5 Å². The Kier molecular flexibility index (Phi) is 4.84. The van der Waals surface area contributed by atoms with E-state index in [9.17, 15) is 9.90 Å². The molecule has 5 fully saturated rings. The van der Waals surface area contributed by atoms with Gasteiger partial charge in [0.05, 0.1) is 12.7 Å². The first-order chi connectivity index (χ1) is 13.8. The second-order valence-electron chi connectivity index (χ2n) is 11.1. The van der Waals surface area contributed by atoms with Gasteiger partial charge in [0, 0.05) is 18.9 Å². The first-order valence-electron chi connectivity index (χ1n) is 11.9. The highest BCUT2D eigenvalue weighted by Gasteiger charge is 2.67. The van der Waals surface area contributed by atoms with Gasteiger partial charge in [-0.05, 0) is 86.9 Å². The zero-order valence-corrected chi connectivity index (χ0v) is 18.3. The summed E-state index contributed by atoms with van der Waals surface area (Å²) in [4.78, 5) is 12.0. The fraction of sp³-hybridized carbons (Fsp3) is 0.958. The lowest BCUT2D eigenvalue weighted by Crippen LogP contribution is -2.65. The van der Waals surface area contributed by atoms with Gasteiger partial charge in [0.15, 0.2) is 11.9 Å². The van der Waals surface area contributed by atoms with Crippen molar-refractivity contribution in [2.45, 2.75) is 96.1 Å². The standard InChI is InChI=1S/C24H38O5/c1-22-10-7-16(27-3)13-15(22)5-6-17-18(22)8-11-23(2)19(17)14-20(21(25)26)29-24(23)9-4-12-28-24/h15-20H,4-14H2,1-3H3,(H,25,26)/t15-,16-,17+,18-,19-,20+,22-,23-,24-/m0/s1. The second kappa shape index (κ2) is 6.93. The Morgan fingerprint density at radius 3 is 2.55 bits per heavy atom. The first-order valence-corrected chi connectivity index (χ1v) is 11.9. The number of carbonyl (C=O) groups is 1. The average Bonchev–Trinajstić information content (AvgIpc) is 3.17. The summed E-state index contributed by atoms with van der Waals surface area (Å²) in [6, 6.07) is 0. The fourth-order valence-corrected chi connectivity index (χ4v) is 8.61. The van der Waals surface area contributed by atoms with Crippen LogP contribution >= 0.6 is 0 Å². The summed E-state index contributed by atoms with van der Waals surface area (Å²) in [6.07, 6.45) is 10.6. The van der Waals surface area contributed by atoms with Crippen LogP contribution in [0.15, 0.2) is 0 Å². The maximum Gasteiger partial charge on any atom is 0.332 e. The summed E-state index contributed by atoms with van der Waals surface area (Å²) >= 11 is 0. The molecule has 5 aliphatic rings. The molecule has 164 valence electrons. The third kappa shape index (κ3) is 2.79. The maximum atomic E-state index is 12.0. The molecule has 2 saturated heterocycles. The molecule has 0 bridgehead atoms. The van der Waals surface area contributed by atoms with E-state index >= 15 is 0 Å². The predicted molar refractivity (Wildman–Crippen MR) is 108 cm³/mol. The van der Waals surface area contributed by atoms with Crippen molar-refractivity contribution in [3.05, 3.63) is 0 Å². The van der Waals surface area contributed by atoms with Crippen LogP contribution in [0.5, 0.6) is 0 Å². The molecule has 29 heavy (non-hydrogen) atoms. The summed E-state index contributed by atoms with van der Waals surface area (Å²) in [5.41, 5.74) is 0.309. The van der Waals surface area contributed by atoms with Gasteiger partial charge in [0.1, 0.15) is 0 Å². The lowest BCUT2D eigenvalue weighted by molar-refractivity contribution is -0.349. The van der Waals surface area contributed by atoms with Crippen LogP contribution in [0.2, 0.25) is 0 Å². The van der Waals surface area contributed by atoms with Gasteiger partial charge in [-0.1, -0.05) is 13.8 Å². The topological polar surface area (TPSA) is 65.0 Å². The molecule has 3 saturated carbocycles. The lowest BCUT2D eigenvalue weighted by Gasteiger charge is -2.65. The molecule has 3 aliphatic carbocycles. The minimum atomic E-state index is -0.815. The van der Waals surface area contributed by atoms with E-state index in [4.69, 9.17) is 14.2 Å². The average molecular weight is 407 g/mol. The minimum Gasteiger partial charge on any atom is -0.479 e. The molecule has 5 nitrogen and oxygen atoms in total. The molecule has 2 heterocycles. The summed E-state index contributed by atoms with van der Waals surface area (Å²) in [7, 11) is 1.86. The van der Waals surface area contributed by atoms with Crippen LogP contribution in [0.3, 0.4) is 0 Å². The van der Waals surface area contributed by atoms with Crippen LogP contribution in [0, 0.1) is 34.5 Å². The van der Waals surface area contributed by atoms with Crippen LogP contribution in [-0.2, 0) is 19.0 Å². The number of carboxylic acid groups (broad SMARTS) is 1. The third-order valence-corrected chi connectivity index (χ3v) is 10.3. The molecule has 9 atom stereocenters. The second-order valence-corrected chi connectivity index (χ2v) is 11.1. The Hall–Kier alpha value is -0.650. The summed E-state index contributed by atoms with van der Waals surface area (Å²) in [5, 5.41) is 9.85. The van der Waals surface area contributed by atoms with Gasteiger partial charge < -0.3 is 19.3 Å². The number of hydrogen-bond donors (Lipinski definition) is 1. The van der Waals surface area contributed by atoms with E-state index in [0.29, 0.717) is 42.3 Å². The van der Waals surface area contributed by atoms with Crippen molar-refractivity contribution in [3.8, 4) is 0 Å². The molecule has 1 N–H and O–H groups in total. The first kappa shape index (κ1) is 20.3. The van der Waals surface area contributed by atoms with Gasteiger partial charge in [-0.25, -0.2) is 4.79 Å². The molecule has 0 radical (unpaired) electrons. The van der Waals surface area contributed by atoms with E-state index in [1.54, 1.807) is 0 Å². The van der Waals surface area contributed by atoms with E-state index in [1.165, 1.54) is 38.5 Å². The van der Waals surface area contributed by atoms with E-state index in [2.05, 4.69) is 13.8 Å². The fourth-order valence-electron chi connectivity index (χ4n) is 8.61. The monoisotopic (exact) mass is 406 g/mol. The van der Waals surface area contributed by atoms with Gasteiger partial charge in [0.25, 0.3) is 0 Å². The normalized spacial score (nSPS) is 54.4. The highest BCUT2D eigenvalue weighted by atomic mass is 16.7. The third-order valence-electron chi connectivity index (χ3n) is 10.3. The summed E-state index contributed by atoms with van der Waals surface area (Å²) in [6.45, 7) is 5.59. The Balaban J connectivity index is 1.47. The molecule has 0 aromatic carbocycles. The number of aliphatic carboxylic acids is 1. The highest BCUT2D eigenvalue weighted by Crippen LogP contribution is 2.68. The van der Waals surface area contributed by atoms with E-state index in [0.717, 1.165) is 25.2 Å². The number of fused-ring (bicyclic) bond motifs is 6. The zero-order chi connectivity index (χ0) is 20.4. The molecular weight excluding hydrogens is 368 g/mol. The van der Waals surface area contributed by atoms with E-state index < -0.39 is 17.9 Å². The maximum absolute atomic E-state index is 12.0. The SMILES string of the molecule is CO[C@H]1CC[C@@]2(C)[C@@H](CC[C@@H]3[C@@H]2CC[C@@]2(C)[C@H]3C[C@H](C(=O)O)O[C@@]23CCCO3)C1. The molecule has 0 aromatic rings. The Labute approximate surface area is 174 Å². The van der Waals surface area contributed by atoms with Gasteiger partial charge >= 0.3 is 5.97 Å². The van der Waals surface area contributed by atoms with E-state index in [-0.39, 0.29) is 5.41 Å². The van der Waals surface area contributed by atoms with Gasteiger partial charge in [-0.2, -0.15) is 0 Å². The van der Waals surface area contributed by atoms with Gasteiger partial charge in [-0.3, -0.25) is 0 Å². The number of ether oxygens (including phenoxy) is 3. The Bertz CT molecular complexity index is 658. The highest BCUT2D eigenvalue weighted by molar-refractivity contribution is 5.72. The van der Waals surface area contributed by atoms with Crippen molar-refractivity contribution in [2.75, 3.05) is 13.7 Å². The molecule has 0 aromatic heterocycles. The van der Waals surface area contributed by atoms with Crippen molar-refractivity contribution in [1.82, 2.24) is 0 Å². The quantitative estimate of drug-likeness (QED) is 0.724. The summed E-state index contributed by atoms with van der Waals surface area (Å²) in [5.74, 6) is 0.925. The van der Waals surface area contributed by atoms with Crippen molar-refractivity contribution in [3.63, 3.8) is 0 Å². The smallest absolute Gasteiger partial charge is 0.332 e. The van der Waals surface area contributed by atoms with Gasteiger partial charge in [-0.15, -0.1) is 0 Å². The molecule has 1 spiro atoms. The van der Waals surface area contributed by atoms with Crippen molar-refractivity contribution < 1.29 is 24.1 Å². The molecule has 5 rings (SSSR count).